The number of hydrogen-bond donors (Lipinski definition) is 4. The number of benzene rings is 1. The maximum absolute atomic E-state index is 14.8. The lowest BCUT2D eigenvalue weighted by Gasteiger charge is -2.40. The summed E-state index contributed by atoms with van der Waals surface area (Å²) < 4.78 is 12.0. The first-order valence-electron chi connectivity index (χ1n) is 20.9. The van der Waals surface area contributed by atoms with Crippen LogP contribution < -0.4 is 10.6 Å². The quantitative estimate of drug-likeness (QED) is 0.0526. The summed E-state index contributed by atoms with van der Waals surface area (Å²) in [6, 6.07) is 4.30. The molecule has 1 aromatic heterocycles. The van der Waals surface area contributed by atoms with E-state index in [0.29, 0.717) is 24.5 Å². The highest BCUT2D eigenvalue weighted by Crippen LogP contribution is 2.32. The van der Waals surface area contributed by atoms with Crippen LogP contribution in [0.25, 0.3) is 0 Å². The van der Waals surface area contributed by atoms with E-state index in [1.807, 2.05) is 39.6 Å². The zero-order valence-corrected chi connectivity index (χ0v) is 36.5. The van der Waals surface area contributed by atoms with Crippen LogP contribution in [0.5, 0.6) is 5.75 Å². The van der Waals surface area contributed by atoms with Gasteiger partial charge in [-0.1, -0.05) is 79.4 Å². The SMILES string of the molecule is CCCCCOCN(C(=O)[C@@H](NC(=O)[C@H]1CCCCN1C)[C@@H](C)CC)[C@H](C[C@@H](OC(C)=O)c1nc(C(=O)N[C@@H](Cc2ccc(O)cc2)C[C@H](C)C(=O)O)cs1)C(C)C. The van der Waals surface area contributed by atoms with Crippen molar-refractivity contribution in [2.75, 3.05) is 26.9 Å². The van der Waals surface area contributed by atoms with E-state index in [-0.39, 0.29) is 60.7 Å². The van der Waals surface area contributed by atoms with Gasteiger partial charge in [-0.05, 0) is 75.2 Å². The number of nitrogens with one attached hydrogen (secondary N) is 2. The molecule has 58 heavy (non-hydrogen) atoms. The normalized spacial score (nSPS) is 17.7. The Morgan fingerprint density at radius 2 is 1.72 bits per heavy atom. The molecular formula is C43H67N5O9S. The number of likely N-dealkylation sites (tertiary alicyclic amines) is 1. The number of ether oxygens (including phenoxy) is 2. The van der Waals surface area contributed by atoms with Gasteiger partial charge >= 0.3 is 11.9 Å². The number of piperidine rings is 1. The number of aromatic hydroxyl groups is 1. The van der Waals surface area contributed by atoms with Gasteiger partial charge in [0.25, 0.3) is 5.91 Å². The van der Waals surface area contributed by atoms with Crippen LogP contribution in [-0.4, -0.2) is 106 Å². The number of carbonyl (C=O) groups is 5. The maximum atomic E-state index is 14.8. The summed E-state index contributed by atoms with van der Waals surface area (Å²) in [4.78, 5) is 74.8. The molecule has 14 nitrogen and oxygen atoms in total. The Hall–Kier alpha value is -4.08. The van der Waals surface area contributed by atoms with Crippen LogP contribution in [-0.2, 0) is 35.1 Å². The van der Waals surface area contributed by atoms with Crippen molar-refractivity contribution in [3.63, 3.8) is 0 Å². The number of hydrogen-bond acceptors (Lipinski definition) is 11. The van der Waals surface area contributed by atoms with Gasteiger partial charge in [0.2, 0.25) is 11.8 Å². The number of phenolic OH excluding ortho intramolecular Hbond substituents is 1. The molecule has 2 heterocycles. The van der Waals surface area contributed by atoms with E-state index in [1.165, 1.54) is 19.1 Å². The number of unbranched alkanes of at least 4 members (excludes halogenated alkanes) is 2. The Balaban J connectivity index is 1.93. The summed E-state index contributed by atoms with van der Waals surface area (Å²) in [7, 11) is 1.94. The molecule has 0 radical (unpaired) electrons. The van der Waals surface area contributed by atoms with Crippen molar-refractivity contribution in [3.05, 3.63) is 45.9 Å². The zero-order valence-electron chi connectivity index (χ0n) is 35.7. The van der Waals surface area contributed by atoms with Crippen molar-refractivity contribution in [2.24, 2.45) is 17.8 Å². The summed E-state index contributed by atoms with van der Waals surface area (Å²) in [6.45, 7) is 14.1. The van der Waals surface area contributed by atoms with Crippen LogP contribution in [0.1, 0.15) is 133 Å². The smallest absolute Gasteiger partial charge is 0.306 e. The highest BCUT2D eigenvalue weighted by atomic mass is 32.1. The predicted molar refractivity (Wildman–Crippen MR) is 223 cm³/mol. The lowest BCUT2D eigenvalue weighted by atomic mass is 9.92. The van der Waals surface area contributed by atoms with Gasteiger partial charge in [-0.2, -0.15) is 0 Å². The molecule has 3 amide bonds. The van der Waals surface area contributed by atoms with Crippen LogP contribution in [0.4, 0.5) is 0 Å². The highest BCUT2D eigenvalue weighted by molar-refractivity contribution is 7.09. The van der Waals surface area contributed by atoms with Crippen molar-refractivity contribution >= 4 is 41.0 Å². The van der Waals surface area contributed by atoms with E-state index in [9.17, 15) is 34.2 Å². The first-order chi connectivity index (χ1) is 27.6. The van der Waals surface area contributed by atoms with Gasteiger partial charge in [0.05, 0.1) is 12.0 Å². The fourth-order valence-electron chi connectivity index (χ4n) is 7.27. The average molecular weight is 830 g/mol. The lowest BCUT2D eigenvalue weighted by molar-refractivity contribution is -0.153. The molecule has 0 bridgehead atoms. The number of nitrogens with zero attached hydrogens (tertiary/aromatic N) is 3. The van der Waals surface area contributed by atoms with Crippen LogP contribution in [0.3, 0.4) is 0 Å². The Bertz CT molecular complexity index is 1620. The van der Waals surface area contributed by atoms with Crippen molar-refractivity contribution in [1.29, 1.82) is 0 Å². The van der Waals surface area contributed by atoms with Gasteiger partial charge < -0.3 is 35.2 Å². The number of rotatable bonds is 24. The Morgan fingerprint density at radius 3 is 2.33 bits per heavy atom. The second-order valence-corrected chi connectivity index (χ2v) is 17.0. The zero-order chi connectivity index (χ0) is 42.9. The number of carbonyl (C=O) groups excluding carboxylic acids is 4. The number of carboxylic acids is 1. The fourth-order valence-corrected chi connectivity index (χ4v) is 8.11. The van der Waals surface area contributed by atoms with Gasteiger partial charge in [-0.15, -0.1) is 11.3 Å². The minimum Gasteiger partial charge on any atom is -0.508 e. The van der Waals surface area contributed by atoms with Crippen molar-refractivity contribution in [3.8, 4) is 5.75 Å². The fraction of sp³-hybridized carbons (Fsp3) is 0.674. The standard InChI is InChI=1S/C43H67N5O9S/c1-9-11-14-21-56-26-48(42(53)38(28(5)10-2)46-40(52)35-15-12-13-20-47(35)8)36(27(3)4)24-37(57-30(7)49)41-45-34(25-58-41)39(51)44-32(22-29(6)43(54)55)23-31-16-18-33(50)19-17-31/h16-19,25,27-29,32,35-38,50H,9-15,20-24,26H2,1-8H3,(H,44,51)(H,46,52)(H,54,55)/t28-,29-,32+,35+,36+,37+,38-/m0/s1. The molecule has 3 rings (SSSR count). The number of amides is 3. The molecule has 4 N–H and O–H groups in total. The average Bonchev–Trinajstić information content (AvgIpc) is 3.68. The highest BCUT2D eigenvalue weighted by Gasteiger charge is 2.39. The Labute approximate surface area is 348 Å². The third kappa shape index (κ3) is 14.9. The van der Waals surface area contributed by atoms with E-state index < -0.39 is 48.0 Å². The van der Waals surface area contributed by atoms with Crippen LogP contribution in [0.2, 0.25) is 0 Å². The third-order valence-corrected chi connectivity index (χ3v) is 12.0. The molecule has 1 aliphatic rings. The molecule has 2 aromatic rings. The molecule has 1 fully saturated rings. The molecule has 0 saturated carbocycles. The monoisotopic (exact) mass is 829 g/mol. The van der Waals surface area contributed by atoms with E-state index in [2.05, 4.69) is 22.5 Å². The Morgan fingerprint density at radius 1 is 1.02 bits per heavy atom. The van der Waals surface area contributed by atoms with E-state index in [0.717, 1.165) is 62.0 Å². The molecule has 1 saturated heterocycles. The van der Waals surface area contributed by atoms with Gasteiger partial charge in [-0.25, -0.2) is 4.98 Å². The van der Waals surface area contributed by atoms with Crippen molar-refractivity contribution in [2.45, 2.75) is 143 Å². The second kappa shape index (κ2) is 24.1. The van der Waals surface area contributed by atoms with E-state index >= 15 is 0 Å². The first kappa shape index (κ1) is 48.3. The van der Waals surface area contributed by atoms with Crippen LogP contribution in [0, 0.1) is 17.8 Å². The minimum atomic E-state index is -0.988. The summed E-state index contributed by atoms with van der Waals surface area (Å²) in [5.74, 6) is -3.46. The predicted octanol–water partition coefficient (Wildman–Crippen LogP) is 6.33. The molecule has 324 valence electrons. The second-order valence-electron chi connectivity index (χ2n) is 16.1. The summed E-state index contributed by atoms with van der Waals surface area (Å²) in [6.07, 6.45) is 5.88. The summed E-state index contributed by atoms with van der Waals surface area (Å²) in [5, 5.41) is 27.3. The van der Waals surface area contributed by atoms with E-state index in [4.69, 9.17) is 9.47 Å². The van der Waals surface area contributed by atoms with Crippen molar-refractivity contribution in [1.82, 2.24) is 25.4 Å². The van der Waals surface area contributed by atoms with Gasteiger partial charge in [0, 0.05) is 37.4 Å². The number of esters is 1. The number of aromatic nitrogens is 1. The lowest BCUT2D eigenvalue weighted by Crippen LogP contribution is -2.59. The maximum Gasteiger partial charge on any atom is 0.306 e. The first-order valence-corrected chi connectivity index (χ1v) is 21.8. The number of phenols is 1. The summed E-state index contributed by atoms with van der Waals surface area (Å²) in [5.41, 5.74) is 0.885. The molecule has 1 aliphatic heterocycles. The molecule has 0 spiro atoms. The molecule has 0 unspecified atom stereocenters. The minimum absolute atomic E-state index is 0.0208. The topological polar surface area (TPSA) is 188 Å². The largest absolute Gasteiger partial charge is 0.508 e. The third-order valence-electron chi connectivity index (χ3n) is 11.0. The number of likely N-dealkylation sites (N-methyl/N-ethyl adjacent to an activating group) is 1. The molecule has 1 aromatic carbocycles. The van der Waals surface area contributed by atoms with Gasteiger partial charge in [0.1, 0.15) is 29.2 Å². The van der Waals surface area contributed by atoms with Gasteiger partial charge in [0.15, 0.2) is 6.10 Å². The molecule has 15 heteroatoms. The van der Waals surface area contributed by atoms with Crippen molar-refractivity contribution < 1.29 is 43.7 Å². The Kier molecular flexibility index (Phi) is 20.1. The number of aliphatic carboxylic acids is 1. The number of carboxylic acid groups (broad SMARTS) is 1. The summed E-state index contributed by atoms with van der Waals surface area (Å²) >= 11 is 1.15. The van der Waals surface area contributed by atoms with Gasteiger partial charge in [-0.3, -0.25) is 28.9 Å². The van der Waals surface area contributed by atoms with E-state index in [1.54, 1.807) is 29.3 Å². The number of thiazole rings is 1. The molecular weight excluding hydrogens is 763 g/mol. The van der Waals surface area contributed by atoms with Crippen LogP contribution in [0.15, 0.2) is 29.6 Å². The molecule has 7 atom stereocenters. The van der Waals surface area contributed by atoms with Crippen LogP contribution >= 0.6 is 11.3 Å². The molecule has 0 aliphatic carbocycles.